The zero-order chi connectivity index (χ0) is 19.6. The van der Waals surface area contributed by atoms with Gasteiger partial charge in [-0.1, -0.05) is 37.5 Å². The molecule has 1 aliphatic rings. The highest BCUT2D eigenvalue weighted by Crippen LogP contribution is 2.19. The molecule has 1 aliphatic carbocycles. The highest BCUT2D eigenvalue weighted by molar-refractivity contribution is 5.97. The van der Waals surface area contributed by atoms with Crippen LogP contribution in [0.5, 0.6) is 5.75 Å². The fourth-order valence-electron chi connectivity index (χ4n) is 3.14. The lowest BCUT2D eigenvalue weighted by atomic mass is 9.96. The number of hydrogen-bond acceptors (Lipinski definition) is 5. The fourth-order valence-corrected chi connectivity index (χ4v) is 3.14. The second-order valence-corrected chi connectivity index (χ2v) is 6.74. The minimum Gasteiger partial charge on any atom is -0.496 e. The number of benzene rings is 1. The van der Waals surface area contributed by atoms with Gasteiger partial charge in [0.2, 0.25) is 0 Å². The first kappa shape index (κ1) is 20.7. The van der Waals surface area contributed by atoms with Gasteiger partial charge in [0.05, 0.1) is 7.11 Å². The van der Waals surface area contributed by atoms with Crippen molar-refractivity contribution in [3.63, 3.8) is 0 Å². The monoisotopic (exact) mass is 376 g/mol. The van der Waals surface area contributed by atoms with Crippen molar-refractivity contribution in [1.82, 2.24) is 10.6 Å². The predicted molar refractivity (Wildman–Crippen MR) is 100 cm³/mol. The highest BCUT2D eigenvalue weighted by atomic mass is 16.5. The van der Waals surface area contributed by atoms with Crippen LogP contribution in [0.4, 0.5) is 4.79 Å². The number of para-hydroxylation sites is 1. The van der Waals surface area contributed by atoms with Crippen LogP contribution in [0.15, 0.2) is 24.3 Å². The molecule has 27 heavy (non-hydrogen) atoms. The van der Waals surface area contributed by atoms with Gasteiger partial charge in [-0.15, -0.1) is 0 Å². The minimum atomic E-state index is -1.03. The van der Waals surface area contributed by atoms with E-state index in [2.05, 4.69) is 10.6 Å². The van der Waals surface area contributed by atoms with Crippen molar-refractivity contribution in [2.45, 2.75) is 64.0 Å². The van der Waals surface area contributed by atoms with Gasteiger partial charge in [0.25, 0.3) is 5.91 Å². The summed E-state index contributed by atoms with van der Waals surface area (Å²) in [7, 11) is 1.57. The lowest BCUT2D eigenvalue weighted by Crippen LogP contribution is -2.48. The van der Waals surface area contributed by atoms with Gasteiger partial charge >= 0.3 is 12.0 Å². The van der Waals surface area contributed by atoms with Crippen molar-refractivity contribution in [2.24, 2.45) is 0 Å². The minimum absolute atomic E-state index is 0.102. The molecular formula is C20H28N2O5. The summed E-state index contributed by atoms with van der Waals surface area (Å²) >= 11 is 0. The number of aryl methyl sites for hydroxylation is 1. The summed E-state index contributed by atoms with van der Waals surface area (Å²) < 4.78 is 10.4. The fraction of sp³-hybridized carbons (Fsp3) is 0.550. The molecule has 1 atom stereocenters. The molecule has 1 fully saturated rings. The van der Waals surface area contributed by atoms with Crippen LogP contribution in [-0.2, 0) is 20.7 Å². The number of esters is 1. The standard InChI is InChI=1S/C20H28N2O5/c1-14(19(24)22-20(25)21-16-9-4-3-5-10-16)27-18(23)13-12-15-8-6-7-11-17(15)26-2/h6-8,11,14,16H,3-5,9-10,12-13H2,1-2H3,(H2,21,22,24,25)/t14-/m1/s1. The molecule has 0 aromatic heterocycles. The number of imide groups is 1. The predicted octanol–water partition coefficient (Wildman–Crippen LogP) is 2.72. The molecule has 0 aliphatic heterocycles. The van der Waals surface area contributed by atoms with Crippen LogP contribution < -0.4 is 15.4 Å². The Kier molecular flexibility index (Phi) is 8.10. The molecule has 0 spiro atoms. The normalized spacial score (nSPS) is 15.5. The molecule has 0 bridgehead atoms. The quantitative estimate of drug-likeness (QED) is 0.714. The summed E-state index contributed by atoms with van der Waals surface area (Å²) in [6.07, 6.45) is 4.72. The van der Waals surface area contributed by atoms with Gasteiger partial charge < -0.3 is 14.8 Å². The third-order valence-electron chi connectivity index (χ3n) is 4.65. The summed E-state index contributed by atoms with van der Waals surface area (Å²) in [5.74, 6) is -0.430. The van der Waals surface area contributed by atoms with Crippen molar-refractivity contribution in [3.05, 3.63) is 29.8 Å². The molecule has 1 aromatic rings. The molecule has 148 valence electrons. The van der Waals surface area contributed by atoms with Gasteiger partial charge in [-0.25, -0.2) is 4.79 Å². The van der Waals surface area contributed by atoms with Gasteiger partial charge in [0, 0.05) is 12.5 Å². The zero-order valence-electron chi connectivity index (χ0n) is 16.0. The van der Waals surface area contributed by atoms with Crippen LogP contribution in [0.1, 0.15) is 51.0 Å². The summed E-state index contributed by atoms with van der Waals surface area (Å²) in [5, 5.41) is 5.03. The topological polar surface area (TPSA) is 93.7 Å². The maximum absolute atomic E-state index is 12.0. The molecule has 0 unspecified atom stereocenters. The number of nitrogens with one attached hydrogen (secondary N) is 2. The Morgan fingerprint density at radius 1 is 1.15 bits per heavy atom. The third-order valence-corrected chi connectivity index (χ3v) is 4.65. The molecule has 1 saturated carbocycles. The molecular weight excluding hydrogens is 348 g/mol. The first-order valence-corrected chi connectivity index (χ1v) is 9.42. The van der Waals surface area contributed by atoms with Crippen molar-refractivity contribution in [1.29, 1.82) is 0 Å². The molecule has 2 rings (SSSR count). The number of ether oxygens (including phenoxy) is 2. The first-order chi connectivity index (χ1) is 13.0. The Morgan fingerprint density at radius 3 is 2.56 bits per heavy atom. The Hall–Kier alpha value is -2.57. The molecule has 1 aromatic carbocycles. The number of carbonyl (C=O) groups is 3. The van der Waals surface area contributed by atoms with E-state index in [-0.39, 0.29) is 12.5 Å². The zero-order valence-corrected chi connectivity index (χ0v) is 16.0. The van der Waals surface area contributed by atoms with Crippen LogP contribution in [0.25, 0.3) is 0 Å². The second kappa shape index (κ2) is 10.5. The van der Waals surface area contributed by atoms with Crippen LogP contribution in [0, 0.1) is 0 Å². The van der Waals surface area contributed by atoms with Crippen LogP contribution in [0.2, 0.25) is 0 Å². The van der Waals surface area contributed by atoms with Crippen molar-refractivity contribution in [2.75, 3.05) is 7.11 Å². The average Bonchev–Trinajstić information content (AvgIpc) is 2.67. The SMILES string of the molecule is COc1ccccc1CCC(=O)O[C@H](C)C(=O)NC(=O)NC1CCCCC1. The first-order valence-electron chi connectivity index (χ1n) is 9.42. The number of amides is 3. The van der Waals surface area contributed by atoms with E-state index in [1.54, 1.807) is 7.11 Å². The van der Waals surface area contributed by atoms with E-state index in [4.69, 9.17) is 9.47 Å². The summed E-state index contributed by atoms with van der Waals surface area (Å²) in [5.41, 5.74) is 0.890. The number of carbonyl (C=O) groups excluding carboxylic acids is 3. The van der Waals surface area contributed by atoms with E-state index < -0.39 is 24.0 Å². The van der Waals surface area contributed by atoms with Crippen LogP contribution >= 0.6 is 0 Å². The summed E-state index contributed by atoms with van der Waals surface area (Å²) in [6.45, 7) is 1.45. The van der Waals surface area contributed by atoms with Crippen molar-refractivity contribution >= 4 is 17.9 Å². The lowest BCUT2D eigenvalue weighted by molar-refractivity contribution is -0.154. The molecule has 2 N–H and O–H groups in total. The maximum Gasteiger partial charge on any atom is 0.321 e. The molecule has 0 heterocycles. The smallest absolute Gasteiger partial charge is 0.321 e. The number of methoxy groups -OCH3 is 1. The van der Waals surface area contributed by atoms with E-state index in [0.717, 1.165) is 31.2 Å². The summed E-state index contributed by atoms with van der Waals surface area (Å²) in [6, 6.07) is 6.98. The van der Waals surface area contributed by atoms with Crippen molar-refractivity contribution in [3.8, 4) is 5.75 Å². The highest BCUT2D eigenvalue weighted by Gasteiger charge is 2.22. The lowest BCUT2D eigenvalue weighted by Gasteiger charge is -2.23. The number of hydrogen-bond donors (Lipinski definition) is 2. The molecule has 0 saturated heterocycles. The molecule has 3 amide bonds. The molecule has 0 radical (unpaired) electrons. The van der Waals surface area contributed by atoms with Gasteiger partial charge in [0.1, 0.15) is 5.75 Å². The second-order valence-electron chi connectivity index (χ2n) is 6.74. The molecule has 7 heteroatoms. The number of rotatable bonds is 7. The van der Waals surface area contributed by atoms with E-state index in [1.165, 1.54) is 13.3 Å². The van der Waals surface area contributed by atoms with E-state index in [9.17, 15) is 14.4 Å². The van der Waals surface area contributed by atoms with Crippen LogP contribution in [0.3, 0.4) is 0 Å². The van der Waals surface area contributed by atoms with Crippen molar-refractivity contribution < 1.29 is 23.9 Å². The largest absolute Gasteiger partial charge is 0.496 e. The van der Waals surface area contributed by atoms with Crippen LogP contribution in [-0.4, -0.2) is 37.2 Å². The van der Waals surface area contributed by atoms with E-state index >= 15 is 0 Å². The third kappa shape index (κ3) is 6.92. The average molecular weight is 376 g/mol. The van der Waals surface area contributed by atoms with Gasteiger partial charge in [0.15, 0.2) is 6.10 Å². The van der Waals surface area contributed by atoms with Gasteiger partial charge in [-0.05, 0) is 37.8 Å². The Bertz CT molecular complexity index is 656. The van der Waals surface area contributed by atoms with Gasteiger partial charge in [-0.2, -0.15) is 0 Å². The van der Waals surface area contributed by atoms with E-state index in [0.29, 0.717) is 12.2 Å². The maximum atomic E-state index is 12.0. The molecule has 7 nitrogen and oxygen atoms in total. The Morgan fingerprint density at radius 2 is 1.85 bits per heavy atom. The summed E-state index contributed by atoms with van der Waals surface area (Å²) in [4.78, 5) is 35.9. The Labute approximate surface area is 159 Å². The Balaban J connectivity index is 1.72. The van der Waals surface area contributed by atoms with E-state index in [1.807, 2.05) is 24.3 Å². The van der Waals surface area contributed by atoms with Gasteiger partial charge in [-0.3, -0.25) is 14.9 Å². The number of urea groups is 1.